The summed E-state index contributed by atoms with van der Waals surface area (Å²) >= 11 is 0. The van der Waals surface area contributed by atoms with Crippen LogP contribution in [0.25, 0.3) is 32.9 Å². The summed E-state index contributed by atoms with van der Waals surface area (Å²) in [5, 5.41) is 1.24. The Hall–Kier alpha value is -3.99. The van der Waals surface area contributed by atoms with Crippen molar-refractivity contribution in [2.75, 3.05) is 45.0 Å². The largest absolute Gasteiger partial charge is 0.468 e. The van der Waals surface area contributed by atoms with Crippen molar-refractivity contribution in [1.82, 2.24) is 19.9 Å². The minimum atomic E-state index is -2.33. The van der Waals surface area contributed by atoms with Gasteiger partial charge in [-0.2, -0.15) is 4.98 Å². The van der Waals surface area contributed by atoms with Gasteiger partial charge in [0, 0.05) is 43.8 Å². The van der Waals surface area contributed by atoms with Crippen LogP contribution in [0.3, 0.4) is 0 Å². The Labute approximate surface area is 328 Å². The lowest BCUT2D eigenvalue weighted by Gasteiger charge is -2.38. The summed E-state index contributed by atoms with van der Waals surface area (Å²) in [5.41, 5.74) is 4.27. The fourth-order valence-electron chi connectivity index (χ4n) is 9.88. The van der Waals surface area contributed by atoms with E-state index in [0.29, 0.717) is 58.5 Å². The quantitative estimate of drug-likeness (QED) is 0.0644. The lowest BCUT2D eigenvalue weighted by Crippen LogP contribution is -2.43. The summed E-state index contributed by atoms with van der Waals surface area (Å²) in [6.07, 6.45) is 1.75. The Balaban J connectivity index is 1.46. The highest BCUT2D eigenvalue weighted by molar-refractivity contribution is 6.90. The van der Waals surface area contributed by atoms with Crippen molar-refractivity contribution in [3.05, 3.63) is 47.7 Å². The third-order valence-electron chi connectivity index (χ3n) is 12.7. The molecular weight excluding hydrogens is 739 g/mol. The summed E-state index contributed by atoms with van der Waals surface area (Å²) in [5.74, 6) is 2.65. The molecule has 3 aliphatic rings. The molecule has 4 aromatic rings. The number of fused-ring (bicyclic) bond motifs is 3. The van der Waals surface area contributed by atoms with Gasteiger partial charge in [-0.15, -0.1) is 5.54 Å². The van der Waals surface area contributed by atoms with Gasteiger partial charge in [0.2, 0.25) is 0 Å². The summed E-state index contributed by atoms with van der Waals surface area (Å²) < 4.78 is 80.7. The molecule has 13 heteroatoms. The molecule has 0 saturated carbocycles. The average Bonchev–Trinajstić information content (AvgIpc) is 3.81. The topological polar surface area (TPSA) is 72.8 Å². The third-order valence-corrected chi connectivity index (χ3v) is 19.0. The SMILES string of the molecule is COCOc1cc(-c2nc(N3CC[C@@H](F)[C@@H]3C)c3cnc(OC[C@@]45CCCN4C[C@H](F)C5)nc3c2F)c2c(C#C[Si](C(C)C)(C(C)C)C(C)C)c(F)ccc2c1. The second-order valence-corrected chi connectivity index (χ2v) is 22.4. The average molecular weight is 792 g/mol. The first kappa shape index (κ1) is 40.2. The van der Waals surface area contributed by atoms with Crippen molar-refractivity contribution in [2.24, 2.45) is 0 Å². The molecule has 8 nitrogen and oxygen atoms in total. The van der Waals surface area contributed by atoms with Gasteiger partial charge in [0.1, 0.15) is 55.6 Å². The molecule has 5 heterocycles. The number of pyridine rings is 1. The lowest BCUT2D eigenvalue weighted by molar-refractivity contribution is 0.0512. The second kappa shape index (κ2) is 15.7. The Kier molecular flexibility index (Phi) is 11.3. The Bertz CT molecular complexity index is 2160. The molecule has 0 N–H and O–H groups in total. The van der Waals surface area contributed by atoms with Gasteiger partial charge in [0.05, 0.1) is 22.5 Å². The van der Waals surface area contributed by atoms with Crippen molar-refractivity contribution in [3.63, 3.8) is 0 Å². The number of benzene rings is 2. The van der Waals surface area contributed by atoms with Crippen LogP contribution >= 0.6 is 0 Å². The monoisotopic (exact) mass is 791 g/mol. The fourth-order valence-corrected chi connectivity index (χ4v) is 15.1. The number of aromatic nitrogens is 3. The predicted octanol–water partition coefficient (Wildman–Crippen LogP) is 9.57. The number of ether oxygens (including phenoxy) is 3. The highest BCUT2D eigenvalue weighted by Gasteiger charge is 2.49. The Morgan fingerprint density at radius 2 is 1.75 bits per heavy atom. The maximum Gasteiger partial charge on any atom is 0.317 e. The van der Waals surface area contributed by atoms with Crippen molar-refractivity contribution >= 4 is 35.6 Å². The van der Waals surface area contributed by atoms with Gasteiger partial charge in [-0.25, -0.2) is 27.5 Å². The van der Waals surface area contributed by atoms with Gasteiger partial charge < -0.3 is 19.1 Å². The maximum absolute atomic E-state index is 17.5. The molecule has 2 aromatic heterocycles. The summed E-state index contributed by atoms with van der Waals surface area (Å²) in [4.78, 5) is 17.9. The van der Waals surface area contributed by atoms with Crippen LogP contribution in [-0.2, 0) is 4.74 Å². The van der Waals surface area contributed by atoms with E-state index in [9.17, 15) is 4.39 Å². The van der Waals surface area contributed by atoms with Crippen LogP contribution in [-0.4, -0.2) is 92.0 Å². The molecular formula is C43H53F4N5O3Si. The Morgan fingerprint density at radius 1 is 1.00 bits per heavy atom. The van der Waals surface area contributed by atoms with Crippen molar-refractivity contribution in [3.8, 4) is 34.5 Å². The van der Waals surface area contributed by atoms with Crippen molar-refractivity contribution < 1.29 is 31.8 Å². The normalized spacial score (nSPS) is 22.8. The van der Waals surface area contributed by atoms with Crippen LogP contribution < -0.4 is 14.4 Å². The van der Waals surface area contributed by atoms with E-state index in [1.165, 1.54) is 19.4 Å². The van der Waals surface area contributed by atoms with Crippen LogP contribution in [0, 0.1) is 23.1 Å². The van der Waals surface area contributed by atoms with E-state index in [4.69, 9.17) is 19.2 Å². The second-order valence-electron chi connectivity index (χ2n) is 16.8. The highest BCUT2D eigenvalue weighted by atomic mass is 28.3. The molecule has 300 valence electrons. The van der Waals surface area contributed by atoms with E-state index in [1.54, 1.807) is 30.0 Å². The van der Waals surface area contributed by atoms with Crippen LogP contribution in [0.15, 0.2) is 30.5 Å². The number of methoxy groups -OCH3 is 1. The van der Waals surface area contributed by atoms with Crippen molar-refractivity contribution in [2.45, 2.75) is 115 Å². The molecule has 2 aromatic carbocycles. The molecule has 0 radical (unpaired) electrons. The molecule has 0 unspecified atom stereocenters. The maximum atomic E-state index is 17.5. The molecule has 4 atom stereocenters. The van der Waals surface area contributed by atoms with E-state index in [-0.39, 0.29) is 53.6 Å². The molecule has 0 aliphatic carbocycles. The molecule has 3 aliphatic heterocycles. The number of hydrogen-bond acceptors (Lipinski definition) is 8. The first-order valence-corrected chi connectivity index (χ1v) is 22.1. The molecule has 0 bridgehead atoms. The third kappa shape index (κ3) is 7.00. The van der Waals surface area contributed by atoms with Crippen LogP contribution in [0.2, 0.25) is 16.6 Å². The zero-order valence-electron chi connectivity index (χ0n) is 33.7. The fraction of sp³-hybridized carbons (Fsp3) is 0.558. The summed E-state index contributed by atoms with van der Waals surface area (Å²) in [7, 11) is -0.829. The lowest BCUT2D eigenvalue weighted by atomic mass is 9.95. The number of anilines is 1. The van der Waals surface area contributed by atoms with Crippen molar-refractivity contribution in [1.29, 1.82) is 0 Å². The number of halogens is 4. The number of alkyl halides is 2. The Morgan fingerprint density at radius 3 is 2.43 bits per heavy atom. The van der Waals surface area contributed by atoms with Gasteiger partial charge >= 0.3 is 6.01 Å². The standard InChI is InChI=1S/C43H53F4N5O3Si/c1-25(2)56(26(3)4,27(5)6)17-13-32-36(46)11-10-29-18-31(55-24-53-8)19-33(37(29)32)39-38(47)40-34(41(49-39)52-16-12-35(45)28(52)7)21-48-42(50-40)54-23-43-14-9-15-51(43)22-30(44)20-43/h10-11,18-19,21,25-28,30,35H,9,12,14-16,20,22-24H2,1-8H3/t28-,30+,35+,43-/m0/s1. The zero-order chi connectivity index (χ0) is 40.1. The summed E-state index contributed by atoms with van der Waals surface area (Å²) in [6, 6.07) is 5.75. The summed E-state index contributed by atoms with van der Waals surface area (Å²) in [6.45, 7) is 16.5. The van der Waals surface area contributed by atoms with E-state index >= 15 is 13.2 Å². The predicted molar refractivity (Wildman–Crippen MR) is 215 cm³/mol. The van der Waals surface area contributed by atoms with E-state index in [1.807, 2.05) is 0 Å². The molecule has 3 saturated heterocycles. The van der Waals surface area contributed by atoms with Crippen LogP contribution in [0.1, 0.15) is 79.7 Å². The number of rotatable bonds is 11. The van der Waals surface area contributed by atoms with E-state index in [2.05, 4.69) is 67.9 Å². The molecule has 0 amide bonds. The van der Waals surface area contributed by atoms with Gasteiger partial charge in [-0.1, -0.05) is 53.5 Å². The molecule has 0 spiro atoms. The minimum Gasteiger partial charge on any atom is -0.468 e. The smallest absolute Gasteiger partial charge is 0.317 e. The molecule has 3 fully saturated rings. The zero-order valence-corrected chi connectivity index (χ0v) is 34.7. The highest BCUT2D eigenvalue weighted by Crippen LogP contribution is 2.44. The van der Waals surface area contributed by atoms with E-state index in [0.717, 1.165) is 19.4 Å². The van der Waals surface area contributed by atoms with Gasteiger partial charge in [0.25, 0.3) is 0 Å². The molecule has 56 heavy (non-hydrogen) atoms. The van der Waals surface area contributed by atoms with Crippen LogP contribution in [0.4, 0.5) is 23.4 Å². The molecule has 7 rings (SSSR count). The minimum absolute atomic E-state index is 0.0575. The number of nitrogens with zero attached hydrogens (tertiary/aromatic N) is 5. The van der Waals surface area contributed by atoms with E-state index < -0.39 is 43.6 Å². The van der Waals surface area contributed by atoms with Gasteiger partial charge in [0.15, 0.2) is 12.6 Å². The number of hydrogen-bond donors (Lipinski definition) is 0. The van der Waals surface area contributed by atoms with Gasteiger partial charge in [-0.05, 0) is 72.9 Å². The first-order valence-electron chi connectivity index (χ1n) is 19.9. The first-order chi connectivity index (χ1) is 26.7. The van der Waals surface area contributed by atoms with Crippen LogP contribution in [0.5, 0.6) is 11.8 Å². The van der Waals surface area contributed by atoms with Gasteiger partial charge in [-0.3, -0.25) is 4.90 Å².